The summed E-state index contributed by atoms with van der Waals surface area (Å²) in [7, 11) is -2.31. The summed E-state index contributed by atoms with van der Waals surface area (Å²) in [6, 6.07) is 11.9. The molecule has 3 rings (SSSR count). The lowest BCUT2D eigenvalue weighted by atomic mass is 10.1. The van der Waals surface area contributed by atoms with Crippen LogP contribution in [-0.4, -0.2) is 43.9 Å². The molecule has 0 fully saturated rings. The molecule has 0 bridgehead atoms. The van der Waals surface area contributed by atoms with E-state index in [4.69, 9.17) is 4.42 Å². The zero-order valence-electron chi connectivity index (χ0n) is 14.9. The molecule has 3 aromatic rings. The fourth-order valence-corrected chi connectivity index (χ4v) is 3.36. The molecule has 0 aliphatic heterocycles. The molecule has 1 heterocycles. The third-order valence-electron chi connectivity index (χ3n) is 3.74. The first-order valence-electron chi connectivity index (χ1n) is 7.93. The number of hydrogen-bond acceptors (Lipinski definition) is 8. The van der Waals surface area contributed by atoms with Gasteiger partial charge in [0.2, 0.25) is 0 Å². The van der Waals surface area contributed by atoms with Gasteiger partial charge in [-0.1, -0.05) is 29.4 Å². The van der Waals surface area contributed by atoms with Crippen LogP contribution in [0.15, 0.2) is 57.8 Å². The molecule has 0 atom stereocenters. The van der Waals surface area contributed by atoms with Crippen molar-refractivity contribution >= 4 is 27.7 Å². The molecule has 0 saturated carbocycles. The Bertz CT molecular complexity index is 1150. The highest BCUT2D eigenvalue weighted by Gasteiger charge is 2.21. The molecule has 144 valence electrons. The lowest BCUT2D eigenvalue weighted by Crippen LogP contribution is -2.17. The Hall–Kier alpha value is -3.53. The molecule has 0 aliphatic rings. The first-order chi connectivity index (χ1) is 13.3. The second-order valence-corrected chi connectivity index (χ2v) is 7.66. The average molecular weight is 401 g/mol. The van der Waals surface area contributed by atoms with Crippen LogP contribution in [0.4, 0.5) is 6.01 Å². The van der Waals surface area contributed by atoms with E-state index in [2.05, 4.69) is 20.3 Å². The van der Waals surface area contributed by atoms with Gasteiger partial charge >= 0.3 is 12.0 Å². The lowest BCUT2D eigenvalue weighted by Gasteiger charge is -2.06. The fraction of sp³-hybridized carbons (Fsp3) is 0.111. The number of nitrogens with one attached hydrogen (secondary N) is 1. The molecule has 1 N–H and O–H groups in total. The second kappa shape index (κ2) is 7.61. The number of anilines is 1. The maximum Gasteiger partial charge on any atom is 0.338 e. The Balaban J connectivity index is 1.90. The number of hydrogen-bond donors (Lipinski definition) is 1. The van der Waals surface area contributed by atoms with Gasteiger partial charge in [-0.15, -0.1) is 5.10 Å². The van der Waals surface area contributed by atoms with Gasteiger partial charge in [0, 0.05) is 6.26 Å². The van der Waals surface area contributed by atoms with E-state index in [1.807, 2.05) is 0 Å². The van der Waals surface area contributed by atoms with Crippen molar-refractivity contribution in [2.45, 2.75) is 4.90 Å². The van der Waals surface area contributed by atoms with E-state index in [-0.39, 0.29) is 33.5 Å². The third-order valence-corrected chi connectivity index (χ3v) is 4.89. The fourth-order valence-electron chi connectivity index (χ4n) is 2.48. The van der Waals surface area contributed by atoms with Crippen molar-refractivity contribution in [3.63, 3.8) is 0 Å². The van der Waals surface area contributed by atoms with Crippen LogP contribution >= 0.6 is 0 Å². The van der Waals surface area contributed by atoms with E-state index in [1.54, 1.807) is 24.3 Å². The summed E-state index contributed by atoms with van der Waals surface area (Å²) in [5, 5.41) is 9.90. The molecule has 10 heteroatoms. The van der Waals surface area contributed by atoms with Crippen LogP contribution in [0.2, 0.25) is 0 Å². The van der Waals surface area contributed by atoms with Crippen molar-refractivity contribution in [2.24, 2.45) is 0 Å². The zero-order chi connectivity index (χ0) is 20.3. The molecule has 0 spiro atoms. The van der Waals surface area contributed by atoms with Crippen LogP contribution in [0.25, 0.3) is 11.5 Å². The van der Waals surface area contributed by atoms with E-state index >= 15 is 0 Å². The SMILES string of the molecule is COC(=O)c1ccccc1C(=O)Nc1nnc(-c2ccccc2S(C)(=O)=O)o1. The van der Waals surface area contributed by atoms with Crippen molar-refractivity contribution in [1.29, 1.82) is 0 Å². The number of nitrogens with zero attached hydrogens (tertiary/aromatic N) is 2. The van der Waals surface area contributed by atoms with Gasteiger partial charge in [-0.2, -0.15) is 0 Å². The Kier molecular flexibility index (Phi) is 5.23. The minimum atomic E-state index is -3.52. The van der Waals surface area contributed by atoms with Crippen molar-refractivity contribution in [1.82, 2.24) is 10.2 Å². The minimum Gasteiger partial charge on any atom is -0.465 e. The van der Waals surface area contributed by atoms with Gasteiger partial charge < -0.3 is 9.15 Å². The maximum absolute atomic E-state index is 12.5. The molecular formula is C18H15N3O6S. The first kappa shape index (κ1) is 19.2. The average Bonchev–Trinajstić information content (AvgIpc) is 3.15. The largest absolute Gasteiger partial charge is 0.465 e. The highest BCUT2D eigenvalue weighted by atomic mass is 32.2. The molecule has 2 aromatic carbocycles. The van der Waals surface area contributed by atoms with Crippen LogP contribution in [-0.2, 0) is 14.6 Å². The predicted octanol–water partition coefficient (Wildman–Crippen LogP) is 2.18. The number of aromatic nitrogens is 2. The smallest absolute Gasteiger partial charge is 0.338 e. The van der Waals surface area contributed by atoms with Crippen LogP contribution in [0.5, 0.6) is 0 Å². The molecule has 28 heavy (non-hydrogen) atoms. The maximum atomic E-state index is 12.5. The van der Waals surface area contributed by atoms with Gasteiger partial charge in [0.25, 0.3) is 11.8 Å². The predicted molar refractivity (Wildman–Crippen MR) is 98.6 cm³/mol. The number of esters is 1. The normalized spacial score (nSPS) is 11.1. The monoisotopic (exact) mass is 401 g/mol. The molecule has 1 amide bonds. The van der Waals surface area contributed by atoms with E-state index in [1.165, 1.54) is 31.4 Å². The molecule has 0 aliphatic carbocycles. The van der Waals surface area contributed by atoms with Crippen LogP contribution in [0, 0.1) is 0 Å². The van der Waals surface area contributed by atoms with Crippen molar-refractivity contribution in [3.05, 3.63) is 59.7 Å². The Labute approximate surface area is 160 Å². The third kappa shape index (κ3) is 3.91. The van der Waals surface area contributed by atoms with Crippen LogP contribution in [0.1, 0.15) is 20.7 Å². The number of carbonyl (C=O) groups excluding carboxylic acids is 2. The molecular weight excluding hydrogens is 386 g/mol. The number of ether oxygens (including phenoxy) is 1. The van der Waals surface area contributed by atoms with Gasteiger partial charge in [-0.25, -0.2) is 13.2 Å². The molecule has 0 unspecified atom stereocenters. The van der Waals surface area contributed by atoms with E-state index in [0.29, 0.717) is 0 Å². The summed E-state index contributed by atoms with van der Waals surface area (Å²) < 4.78 is 33.9. The second-order valence-electron chi connectivity index (χ2n) is 5.67. The number of sulfone groups is 1. The van der Waals surface area contributed by atoms with Crippen LogP contribution in [0.3, 0.4) is 0 Å². The topological polar surface area (TPSA) is 128 Å². The summed E-state index contributed by atoms with van der Waals surface area (Å²) in [4.78, 5) is 24.3. The van der Waals surface area contributed by atoms with Crippen molar-refractivity contribution in [3.8, 4) is 11.5 Å². The van der Waals surface area contributed by atoms with E-state index in [9.17, 15) is 18.0 Å². The summed E-state index contributed by atoms with van der Waals surface area (Å²) in [6.07, 6.45) is 1.06. The molecule has 1 aromatic heterocycles. The number of amides is 1. The van der Waals surface area contributed by atoms with Gasteiger partial charge in [0.15, 0.2) is 9.84 Å². The Morgan fingerprint density at radius 2 is 1.64 bits per heavy atom. The zero-order valence-corrected chi connectivity index (χ0v) is 15.7. The Morgan fingerprint density at radius 3 is 2.32 bits per heavy atom. The highest BCUT2D eigenvalue weighted by molar-refractivity contribution is 7.90. The van der Waals surface area contributed by atoms with Gasteiger partial charge in [0.1, 0.15) is 0 Å². The quantitative estimate of drug-likeness (QED) is 0.644. The highest BCUT2D eigenvalue weighted by Crippen LogP contribution is 2.27. The van der Waals surface area contributed by atoms with Crippen molar-refractivity contribution in [2.75, 3.05) is 18.7 Å². The standard InChI is InChI=1S/C18H15N3O6S/c1-26-17(23)12-8-4-3-7-11(12)15(22)19-18-21-20-16(27-18)13-9-5-6-10-14(13)28(2,24)25/h3-10H,1-2H3,(H,19,21,22). The summed E-state index contributed by atoms with van der Waals surface area (Å²) >= 11 is 0. The number of methoxy groups -OCH3 is 1. The summed E-state index contributed by atoms with van der Waals surface area (Å²) in [5.74, 6) is -1.40. The van der Waals surface area contributed by atoms with Crippen LogP contribution < -0.4 is 5.32 Å². The van der Waals surface area contributed by atoms with Crippen molar-refractivity contribution < 1.29 is 27.2 Å². The van der Waals surface area contributed by atoms with Gasteiger partial charge in [-0.05, 0) is 24.3 Å². The first-order valence-corrected chi connectivity index (χ1v) is 9.82. The molecule has 9 nitrogen and oxygen atoms in total. The van der Waals surface area contributed by atoms with E-state index < -0.39 is 21.7 Å². The number of carbonyl (C=O) groups is 2. The minimum absolute atomic E-state index is 0.0209. The lowest BCUT2D eigenvalue weighted by molar-refractivity contribution is 0.0597. The van der Waals surface area contributed by atoms with Gasteiger partial charge in [-0.3, -0.25) is 10.1 Å². The Morgan fingerprint density at radius 1 is 1.00 bits per heavy atom. The summed E-state index contributed by atoms with van der Waals surface area (Å²) in [5.41, 5.74) is 0.350. The summed E-state index contributed by atoms with van der Waals surface area (Å²) in [6.45, 7) is 0. The molecule has 0 saturated heterocycles. The van der Waals surface area contributed by atoms with Gasteiger partial charge in [0.05, 0.1) is 28.7 Å². The molecule has 0 radical (unpaired) electrons. The number of benzene rings is 2. The number of rotatable bonds is 5. The van der Waals surface area contributed by atoms with E-state index in [0.717, 1.165) is 6.26 Å².